The molecule has 2 aromatic rings. The summed E-state index contributed by atoms with van der Waals surface area (Å²) in [5, 5.41) is 48.2. The van der Waals surface area contributed by atoms with Crippen molar-refractivity contribution >= 4 is 98.4 Å². The largest absolute Gasteiger partial charge is 0.481 e. The monoisotopic (exact) mass is 1260 g/mol. The molecule has 426 valence electrons. The normalized spacial score (nSPS) is 14.8. The second kappa shape index (κ2) is 36.3. The number of Topliss-reactive ketones (excluding diaryl/α,β-unsaturated/α-hetero) is 1. The number of ether oxygens (including phenoxy) is 1. The fourth-order valence-corrected chi connectivity index (χ4v) is 9.15. The number of hydrogen-bond donors (Lipinski definition) is 8. The number of carbonyl (C=O) groups excluding carboxylic acids is 6. The van der Waals surface area contributed by atoms with Crippen molar-refractivity contribution in [1.29, 1.82) is 0 Å². The summed E-state index contributed by atoms with van der Waals surface area (Å²) >= 11 is 5.45. The van der Waals surface area contributed by atoms with Gasteiger partial charge < -0.3 is 51.3 Å². The zero-order valence-corrected chi connectivity index (χ0v) is 47.2. The Morgan fingerprint density at radius 3 is 1.64 bits per heavy atom. The van der Waals surface area contributed by atoms with Gasteiger partial charge in [0.05, 0.1) is 26.2 Å². The molecule has 1 aliphatic rings. The minimum absolute atomic E-state index is 0.0186. The van der Waals surface area contributed by atoms with E-state index in [0.717, 1.165) is 10.0 Å². The van der Waals surface area contributed by atoms with E-state index in [-0.39, 0.29) is 140 Å². The van der Waals surface area contributed by atoms with E-state index in [1.54, 1.807) is 38.7 Å². The summed E-state index contributed by atoms with van der Waals surface area (Å²) in [4.78, 5) is 131. The number of nitrogens with one attached hydrogen (secondary N) is 4. The molecular formula is C51H73BrIN9O15. The standard InChI is InChI=1S/C51H73BrIN9O15/c1-36(10-15-45(66)67)56-51(76)57-43(77-35-63)8-3-5-18-62(30-37-11-13-40(52)14-12-37)44(65)9-2-4-16-54-49(74)38-27-39(29-41(53)28-38)50(75)55-17-6-7-42(64)31-58-19-21-59(32-46(68)69)23-25-61(34-48(72)73)26-24-60(22-20-58)33-47(70)71/h11-14,27-29,35-36,43H,2-10,15-26,30-34H2,1H3,(H,54,74)(H,55,75)(H,66,67)(H,68,69)(H,70,71)(H,72,73)(H2,56,57,76)/t36-,43-/m1/s1/i53-2. The van der Waals surface area contributed by atoms with Crippen LogP contribution in [-0.4, -0.2) is 215 Å². The van der Waals surface area contributed by atoms with Gasteiger partial charge in [0.1, 0.15) is 5.78 Å². The van der Waals surface area contributed by atoms with E-state index in [1.807, 2.05) is 51.8 Å². The number of carboxylic acids is 4. The Morgan fingerprint density at radius 2 is 1.14 bits per heavy atom. The van der Waals surface area contributed by atoms with Gasteiger partial charge >= 0.3 is 29.9 Å². The Kier molecular flexibility index (Phi) is 30.9. The predicted octanol–water partition coefficient (Wildman–Crippen LogP) is 2.76. The van der Waals surface area contributed by atoms with Crippen molar-refractivity contribution in [3.05, 3.63) is 67.2 Å². The van der Waals surface area contributed by atoms with Crippen LogP contribution in [0.3, 0.4) is 0 Å². The number of carbonyl (C=O) groups is 10. The number of urea groups is 1. The molecule has 1 heterocycles. The first-order valence-electron chi connectivity index (χ1n) is 25.5. The average molecular weight is 1260 g/mol. The van der Waals surface area contributed by atoms with E-state index in [1.165, 1.54) is 6.07 Å². The minimum atomic E-state index is -1.05. The Balaban J connectivity index is 1.48. The van der Waals surface area contributed by atoms with Crippen molar-refractivity contribution in [2.45, 2.75) is 89.9 Å². The summed E-state index contributed by atoms with van der Waals surface area (Å²) < 4.78 is 6.59. The van der Waals surface area contributed by atoms with Crippen LogP contribution in [0.5, 0.6) is 0 Å². The highest BCUT2D eigenvalue weighted by molar-refractivity contribution is 14.1. The maximum absolute atomic E-state index is 13.6. The molecule has 1 aliphatic heterocycles. The van der Waals surface area contributed by atoms with Gasteiger partial charge in [-0.3, -0.25) is 62.8 Å². The number of ketones is 1. The van der Waals surface area contributed by atoms with Gasteiger partial charge in [-0.15, -0.1) is 0 Å². The molecule has 0 unspecified atom stereocenters. The van der Waals surface area contributed by atoms with Gasteiger partial charge in [0.15, 0.2) is 6.23 Å². The van der Waals surface area contributed by atoms with Gasteiger partial charge in [-0.05, 0) is 104 Å². The van der Waals surface area contributed by atoms with E-state index in [2.05, 4.69) is 37.2 Å². The van der Waals surface area contributed by atoms with Gasteiger partial charge in [0.25, 0.3) is 18.3 Å². The lowest BCUT2D eigenvalue weighted by Gasteiger charge is -2.32. The van der Waals surface area contributed by atoms with Gasteiger partial charge in [0, 0.05) is 129 Å². The number of rotatable bonds is 33. The van der Waals surface area contributed by atoms with E-state index in [9.17, 15) is 63.3 Å². The minimum Gasteiger partial charge on any atom is -0.481 e. The molecular weight excluding hydrogens is 1180 g/mol. The van der Waals surface area contributed by atoms with Crippen molar-refractivity contribution in [3.63, 3.8) is 0 Å². The van der Waals surface area contributed by atoms with Gasteiger partial charge in [0.2, 0.25) is 5.91 Å². The Hall–Kier alpha value is -5.81. The number of aliphatic carboxylic acids is 4. The van der Waals surface area contributed by atoms with Crippen LogP contribution in [0.25, 0.3) is 0 Å². The van der Waals surface area contributed by atoms with Crippen molar-refractivity contribution < 1.29 is 73.1 Å². The summed E-state index contributed by atoms with van der Waals surface area (Å²) in [5.41, 5.74) is 1.43. The second-order valence-electron chi connectivity index (χ2n) is 18.7. The Morgan fingerprint density at radius 1 is 0.636 bits per heavy atom. The number of carboxylic acid groups (broad SMARTS) is 4. The molecule has 3 rings (SSSR count). The Labute approximate surface area is 470 Å². The molecule has 5 amide bonds. The average Bonchev–Trinajstić information content (AvgIpc) is 3.35. The van der Waals surface area contributed by atoms with Crippen LogP contribution < -0.4 is 21.3 Å². The predicted molar refractivity (Wildman–Crippen MR) is 293 cm³/mol. The summed E-state index contributed by atoms with van der Waals surface area (Å²) in [6.07, 6.45) is 2.09. The number of halogens is 2. The maximum Gasteiger partial charge on any atom is 0.317 e. The molecule has 0 spiro atoms. The topological polar surface area (TPSA) is 325 Å². The summed E-state index contributed by atoms with van der Waals surface area (Å²) in [6, 6.07) is 11.3. The lowest BCUT2D eigenvalue weighted by molar-refractivity contribution is -0.140. The summed E-state index contributed by atoms with van der Waals surface area (Å²) in [7, 11) is 0. The molecule has 24 nitrogen and oxygen atoms in total. The second-order valence-corrected chi connectivity index (χ2v) is 20.9. The number of amides is 5. The van der Waals surface area contributed by atoms with Crippen molar-refractivity contribution in [1.82, 2.24) is 45.8 Å². The number of hydrogen-bond acceptors (Lipinski definition) is 15. The lowest BCUT2D eigenvalue weighted by atomic mass is 10.1. The first kappa shape index (κ1) is 65.5. The third-order valence-electron chi connectivity index (χ3n) is 12.3. The maximum atomic E-state index is 13.6. The van der Waals surface area contributed by atoms with Crippen LogP contribution in [0.15, 0.2) is 46.9 Å². The fraction of sp³-hybridized carbons (Fsp3) is 0.569. The molecule has 77 heavy (non-hydrogen) atoms. The number of nitrogens with zero attached hydrogens (tertiary/aromatic N) is 5. The van der Waals surface area contributed by atoms with Crippen LogP contribution in [0, 0.1) is 3.57 Å². The molecule has 0 bridgehead atoms. The van der Waals surface area contributed by atoms with E-state index >= 15 is 0 Å². The smallest absolute Gasteiger partial charge is 0.317 e. The highest BCUT2D eigenvalue weighted by atomic mass is 125. The zero-order valence-electron chi connectivity index (χ0n) is 43.4. The quantitative estimate of drug-likeness (QED) is 0.0220. The molecule has 8 N–H and O–H groups in total. The van der Waals surface area contributed by atoms with E-state index < -0.39 is 54.0 Å². The molecule has 26 heteroatoms. The van der Waals surface area contributed by atoms with Crippen LogP contribution in [0.2, 0.25) is 0 Å². The van der Waals surface area contributed by atoms with Crippen molar-refractivity contribution in [2.75, 3.05) is 98.2 Å². The molecule has 0 radical (unpaired) electrons. The molecule has 0 saturated carbocycles. The third kappa shape index (κ3) is 28.9. The number of unbranched alkanes of at least 4 members (excludes halogenated alkanes) is 2. The van der Waals surface area contributed by atoms with Crippen LogP contribution in [0.4, 0.5) is 4.79 Å². The molecule has 0 aliphatic carbocycles. The van der Waals surface area contributed by atoms with E-state index in [4.69, 9.17) is 9.84 Å². The Bertz CT molecular complexity index is 2250. The molecule has 2 atom stereocenters. The van der Waals surface area contributed by atoms with E-state index in [0.29, 0.717) is 61.9 Å². The lowest BCUT2D eigenvalue weighted by Crippen LogP contribution is -2.49. The fourth-order valence-electron chi connectivity index (χ4n) is 8.22. The third-order valence-corrected chi connectivity index (χ3v) is 13.5. The van der Waals surface area contributed by atoms with Crippen LogP contribution in [0.1, 0.15) is 97.4 Å². The summed E-state index contributed by atoms with van der Waals surface area (Å²) in [6.45, 7) is 4.44. The first-order valence-corrected chi connectivity index (χ1v) is 27.4. The zero-order chi connectivity index (χ0) is 56.7. The van der Waals surface area contributed by atoms with Crippen LogP contribution in [-0.2, 0) is 44.8 Å². The van der Waals surface area contributed by atoms with Crippen molar-refractivity contribution in [3.8, 4) is 0 Å². The molecule has 2 aromatic carbocycles. The van der Waals surface area contributed by atoms with Crippen LogP contribution >= 0.6 is 38.5 Å². The number of benzene rings is 2. The van der Waals surface area contributed by atoms with Crippen molar-refractivity contribution in [2.24, 2.45) is 0 Å². The summed E-state index contributed by atoms with van der Waals surface area (Å²) in [5.74, 6) is -5.20. The van der Waals surface area contributed by atoms with Gasteiger partial charge in [-0.2, -0.15) is 0 Å². The molecule has 1 fully saturated rings. The molecule has 0 aromatic heterocycles. The molecule has 1 saturated heterocycles. The van der Waals surface area contributed by atoms with Gasteiger partial charge in [-0.1, -0.05) is 28.1 Å². The highest BCUT2D eigenvalue weighted by Crippen LogP contribution is 2.17. The first-order chi connectivity index (χ1) is 36.7. The highest BCUT2D eigenvalue weighted by Gasteiger charge is 2.23. The van der Waals surface area contributed by atoms with Gasteiger partial charge in [-0.25, -0.2) is 4.79 Å². The SMILES string of the molecule is C[C@H](CCC(=O)O)NC(=O)N[C@@H](CCCCN(Cc1ccc(Br)cc1)C(=O)CCCCNC(=O)c1cc([125I])cc(C(=O)NCCCC(=O)CN2CCN(CC(=O)O)CCN(CC(=O)O)CCN(CC(=O)O)CC2)c1)OC=O.